The van der Waals surface area contributed by atoms with Crippen LogP contribution in [0.25, 0.3) is 5.69 Å². The SMILES string of the molecule is C1=CCN(C2CCN(c3ccc(-n4cncn4)cc3)CC2)C1. The van der Waals surface area contributed by atoms with Crippen molar-refractivity contribution in [2.75, 3.05) is 31.1 Å². The molecule has 4 rings (SSSR count). The first-order valence-electron chi connectivity index (χ1n) is 7.99. The quantitative estimate of drug-likeness (QED) is 0.813. The summed E-state index contributed by atoms with van der Waals surface area (Å²) in [6.45, 7) is 4.56. The van der Waals surface area contributed by atoms with Crippen molar-refractivity contribution in [1.29, 1.82) is 0 Å². The van der Waals surface area contributed by atoms with Crippen molar-refractivity contribution >= 4 is 5.69 Å². The van der Waals surface area contributed by atoms with Gasteiger partial charge in [-0.3, -0.25) is 4.90 Å². The Labute approximate surface area is 130 Å². The smallest absolute Gasteiger partial charge is 0.138 e. The second-order valence-electron chi connectivity index (χ2n) is 6.00. The lowest BCUT2D eigenvalue weighted by Crippen LogP contribution is -2.44. The Bertz CT molecular complexity index is 616. The molecule has 5 nitrogen and oxygen atoms in total. The van der Waals surface area contributed by atoms with Gasteiger partial charge in [0.05, 0.1) is 5.69 Å². The third-order valence-electron chi connectivity index (χ3n) is 4.73. The fourth-order valence-corrected chi connectivity index (χ4v) is 3.44. The van der Waals surface area contributed by atoms with Gasteiger partial charge >= 0.3 is 0 Å². The molecule has 22 heavy (non-hydrogen) atoms. The summed E-state index contributed by atoms with van der Waals surface area (Å²) >= 11 is 0. The van der Waals surface area contributed by atoms with E-state index in [0.717, 1.165) is 37.9 Å². The molecular weight excluding hydrogens is 274 g/mol. The average molecular weight is 295 g/mol. The van der Waals surface area contributed by atoms with Crippen LogP contribution in [0.4, 0.5) is 5.69 Å². The molecule has 0 aliphatic carbocycles. The van der Waals surface area contributed by atoms with E-state index in [4.69, 9.17) is 0 Å². The molecule has 1 aromatic carbocycles. The molecule has 0 spiro atoms. The van der Waals surface area contributed by atoms with Crippen LogP contribution in [-0.2, 0) is 0 Å². The van der Waals surface area contributed by atoms with Gasteiger partial charge in [0.1, 0.15) is 12.7 Å². The van der Waals surface area contributed by atoms with E-state index in [9.17, 15) is 0 Å². The maximum absolute atomic E-state index is 4.16. The van der Waals surface area contributed by atoms with Crippen molar-refractivity contribution in [3.8, 4) is 5.69 Å². The molecule has 2 aliphatic rings. The van der Waals surface area contributed by atoms with Crippen molar-refractivity contribution < 1.29 is 0 Å². The van der Waals surface area contributed by atoms with E-state index in [1.165, 1.54) is 18.5 Å². The largest absolute Gasteiger partial charge is 0.371 e. The summed E-state index contributed by atoms with van der Waals surface area (Å²) in [6, 6.07) is 9.35. The molecule has 0 atom stereocenters. The van der Waals surface area contributed by atoms with Crippen molar-refractivity contribution in [2.24, 2.45) is 0 Å². The first kappa shape index (κ1) is 13.5. The molecule has 1 saturated heterocycles. The van der Waals surface area contributed by atoms with E-state index >= 15 is 0 Å². The lowest BCUT2D eigenvalue weighted by atomic mass is 10.0. The number of rotatable bonds is 3. The normalized spacial score (nSPS) is 19.9. The van der Waals surface area contributed by atoms with Crippen LogP contribution in [0.15, 0.2) is 49.1 Å². The Morgan fingerprint density at radius 3 is 2.23 bits per heavy atom. The second-order valence-corrected chi connectivity index (χ2v) is 6.00. The summed E-state index contributed by atoms with van der Waals surface area (Å²) in [4.78, 5) is 9.07. The second kappa shape index (κ2) is 5.93. The number of nitrogens with zero attached hydrogens (tertiary/aromatic N) is 5. The Hall–Kier alpha value is -2.14. The zero-order valence-corrected chi connectivity index (χ0v) is 12.7. The molecule has 1 aromatic heterocycles. The fourth-order valence-electron chi connectivity index (χ4n) is 3.44. The predicted molar refractivity (Wildman–Crippen MR) is 87.3 cm³/mol. The van der Waals surface area contributed by atoms with Crippen LogP contribution in [0.1, 0.15) is 12.8 Å². The van der Waals surface area contributed by atoms with E-state index < -0.39 is 0 Å². The van der Waals surface area contributed by atoms with Crippen LogP contribution >= 0.6 is 0 Å². The van der Waals surface area contributed by atoms with Crippen LogP contribution in [0, 0.1) is 0 Å². The third kappa shape index (κ3) is 2.64. The molecule has 114 valence electrons. The number of hydrogen-bond acceptors (Lipinski definition) is 4. The molecule has 0 N–H and O–H groups in total. The van der Waals surface area contributed by atoms with Gasteiger partial charge in [0.2, 0.25) is 0 Å². The van der Waals surface area contributed by atoms with Crippen LogP contribution < -0.4 is 4.90 Å². The van der Waals surface area contributed by atoms with Crippen molar-refractivity contribution in [2.45, 2.75) is 18.9 Å². The zero-order chi connectivity index (χ0) is 14.8. The van der Waals surface area contributed by atoms with Crippen molar-refractivity contribution in [1.82, 2.24) is 19.7 Å². The average Bonchev–Trinajstić information content (AvgIpc) is 3.29. The first-order valence-corrected chi connectivity index (χ1v) is 7.99. The third-order valence-corrected chi connectivity index (χ3v) is 4.73. The van der Waals surface area contributed by atoms with Crippen molar-refractivity contribution in [3.63, 3.8) is 0 Å². The molecule has 0 saturated carbocycles. The molecule has 5 heteroatoms. The van der Waals surface area contributed by atoms with E-state index in [1.807, 2.05) is 0 Å². The number of benzene rings is 1. The minimum atomic E-state index is 0.751. The topological polar surface area (TPSA) is 37.2 Å². The number of piperidine rings is 1. The molecule has 2 aliphatic heterocycles. The maximum Gasteiger partial charge on any atom is 0.138 e. The molecule has 0 bridgehead atoms. The highest BCUT2D eigenvalue weighted by Crippen LogP contribution is 2.24. The minimum Gasteiger partial charge on any atom is -0.371 e. The Morgan fingerprint density at radius 1 is 0.909 bits per heavy atom. The summed E-state index contributed by atoms with van der Waals surface area (Å²) < 4.78 is 1.79. The van der Waals surface area contributed by atoms with Crippen LogP contribution in [0.3, 0.4) is 0 Å². The van der Waals surface area contributed by atoms with Gasteiger partial charge in [-0.15, -0.1) is 0 Å². The molecule has 0 radical (unpaired) electrons. The van der Waals surface area contributed by atoms with Gasteiger partial charge in [0.15, 0.2) is 0 Å². The standard InChI is InChI=1S/C17H21N5/c1-2-10-20(9-1)16-7-11-21(12-8-16)15-3-5-17(6-4-15)22-14-18-13-19-22/h1-6,13-14,16H,7-12H2. The minimum absolute atomic E-state index is 0.751. The summed E-state index contributed by atoms with van der Waals surface area (Å²) in [5.41, 5.74) is 2.36. The Morgan fingerprint density at radius 2 is 1.59 bits per heavy atom. The lowest BCUT2D eigenvalue weighted by Gasteiger charge is -2.37. The lowest BCUT2D eigenvalue weighted by molar-refractivity contribution is 0.216. The highest BCUT2D eigenvalue weighted by atomic mass is 15.3. The molecular formula is C17H21N5. The van der Waals surface area contributed by atoms with E-state index in [0.29, 0.717) is 0 Å². The van der Waals surface area contributed by atoms with E-state index in [2.05, 4.69) is 56.3 Å². The molecule has 1 fully saturated rings. The summed E-state index contributed by atoms with van der Waals surface area (Å²) in [5, 5.41) is 4.16. The van der Waals surface area contributed by atoms with E-state index in [1.54, 1.807) is 17.3 Å². The van der Waals surface area contributed by atoms with Crippen LogP contribution in [-0.4, -0.2) is 51.9 Å². The number of aromatic nitrogens is 3. The van der Waals surface area contributed by atoms with Gasteiger partial charge in [-0.05, 0) is 37.1 Å². The summed E-state index contributed by atoms with van der Waals surface area (Å²) in [6.07, 6.45) is 10.4. The molecule has 0 unspecified atom stereocenters. The Kier molecular flexibility index (Phi) is 3.64. The molecule has 3 heterocycles. The first-order chi connectivity index (χ1) is 10.9. The highest BCUT2D eigenvalue weighted by molar-refractivity contribution is 5.51. The number of anilines is 1. The Balaban J connectivity index is 1.39. The zero-order valence-electron chi connectivity index (χ0n) is 12.7. The molecule has 2 aromatic rings. The number of hydrogen-bond donors (Lipinski definition) is 0. The van der Waals surface area contributed by atoms with Gasteiger partial charge in [-0.1, -0.05) is 12.2 Å². The van der Waals surface area contributed by atoms with Crippen LogP contribution in [0.5, 0.6) is 0 Å². The fraction of sp³-hybridized carbons (Fsp3) is 0.412. The highest BCUT2D eigenvalue weighted by Gasteiger charge is 2.24. The monoisotopic (exact) mass is 295 g/mol. The molecule has 0 amide bonds. The maximum atomic E-state index is 4.16. The van der Waals surface area contributed by atoms with E-state index in [-0.39, 0.29) is 0 Å². The van der Waals surface area contributed by atoms with Gasteiger partial charge < -0.3 is 4.90 Å². The van der Waals surface area contributed by atoms with Gasteiger partial charge in [0, 0.05) is 37.9 Å². The van der Waals surface area contributed by atoms with Crippen molar-refractivity contribution in [3.05, 3.63) is 49.1 Å². The van der Waals surface area contributed by atoms with Gasteiger partial charge in [-0.25, -0.2) is 9.67 Å². The van der Waals surface area contributed by atoms with Gasteiger partial charge in [0.25, 0.3) is 0 Å². The summed E-state index contributed by atoms with van der Waals surface area (Å²) in [5.74, 6) is 0. The predicted octanol–water partition coefficient (Wildman–Crippen LogP) is 2.11. The van der Waals surface area contributed by atoms with Crippen LogP contribution in [0.2, 0.25) is 0 Å². The summed E-state index contributed by atoms with van der Waals surface area (Å²) in [7, 11) is 0. The van der Waals surface area contributed by atoms with Gasteiger partial charge in [-0.2, -0.15) is 5.10 Å².